The maximum absolute atomic E-state index is 12.5. The van der Waals surface area contributed by atoms with Gasteiger partial charge in [-0.1, -0.05) is 12.1 Å². The largest absolute Gasteiger partial charge is 0.480 e. The first-order valence-corrected chi connectivity index (χ1v) is 5.62. The minimum Gasteiger partial charge on any atom is -0.480 e. The summed E-state index contributed by atoms with van der Waals surface area (Å²) in [6.07, 6.45) is -6.41. The molecule has 0 bridgehead atoms. The van der Waals surface area contributed by atoms with Gasteiger partial charge in [-0.25, -0.2) is 4.79 Å². The van der Waals surface area contributed by atoms with Crippen LogP contribution in [0.1, 0.15) is 11.1 Å². The molecule has 4 N–H and O–H groups in total. The highest BCUT2D eigenvalue weighted by molar-refractivity contribution is 5.84. The maximum atomic E-state index is 12.5. The van der Waals surface area contributed by atoms with Gasteiger partial charge >= 0.3 is 18.1 Å². The van der Waals surface area contributed by atoms with Gasteiger partial charge in [0, 0.05) is 0 Å². The smallest absolute Gasteiger partial charge is 0.416 e. The van der Waals surface area contributed by atoms with E-state index in [1.54, 1.807) is 0 Å². The molecule has 21 heavy (non-hydrogen) atoms. The van der Waals surface area contributed by atoms with E-state index in [9.17, 15) is 22.8 Å². The van der Waals surface area contributed by atoms with Crippen molar-refractivity contribution < 1.29 is 37.7 Å². The summed E-state index contributed by atoms with van der Waals surface area (Å²) in [5, 5.41) is 17.4. The number of carboxylic acid groups (broad SMARTS) is 2. The Balaban J connectivity index is 2.82. The predicted molar refractivity (Wildman–Crippen MR) is 63.3 cm³/mol. The number of rotatable bonds is 6. The fourth-order valence-electron chi connectivity index (χ4n) is 1.48. The van der Waals surface area contributed by atoms with Gasteiger partial charge < -0.3 is 20.7 Å². The molecule has 0 heterocycles. The topological polar surface area (TPSA) is 110 Å². The van der Waals surface area contributed by atoms with Crippen LogP contribution < -0.4 is 5.73 Å². The second-order valence-corrected chi connectivity index (χ2v) is 4.13. The summed E-state index contributed by atoms with van der Waals surface area (Å²) in [4.78, 5) is 21.5. The van der Waals surface area contributed by atoms with Gasteiger partial charge in [0.15, 0.2) is 6.10 Å². The molecule has 1 rings (SSSR count). The van der Waals surface area contributed by atoms with Crippen LogP contribution in [0.4, 0.5) is 13.2 Å². The van der Waals surface area contributed by atoms with E-state index in [0.29, 0.717) is 0 Å². The summed E-state index contributed by atoms with van der Waals surface area (Å²) < 4.78 is 42.3. The number of hydrogen-bond acceptors (Lipinski definition) is 4. The average molecular weight is 307 g/mol. The third-order valence-electron chi connectivity index (χ3n) is 2.54. The molecular weight excluding hydrogens is 295 g/mol. The van der Waals surface area contributed by atoms with E-state index in [-0.39, 0.29) is 5.56 Å². The molecule has 2 atom stereocenters. The number of halogens is 3. The molecule has 0 spiro atoms. The molecule has 0 aliphatic rings. The van der Waals surface area contributed by atoms with Gasteiger partial charge in [0.1, 0.15) is 6.04 Å². The molecule has 6 nitrogen and oxygen atoms in total. The van der Waals surface area contributed by atoms with Crippen molar-refractivity contribution in [1.82, 2.24) is 0 Å². The lowest BCUT2D eigenvalue weighted by atomic mass is 10.1. The summed E-state index contributed by atoms with van der Waals surface area (Å²) in [5.41, 5.74) is 4.27. The van der Waals surface area contributed by atoms with Crippen LogP contribution in [0.3, 0.4) is 0 Å². The second kappa shape index (κ2) is 6.55. The van der Waals surface area contributed by atoms with Crippen molar-refractivity contribution in [3.05, 3.63) is 35.4 Å². The number of benzene rings is 1. The Hall–Kier alpha value is -2.13. The Kier molecular flexibility index (Phi) is 5.28. The average Bonchev–Trinajstić information content (AvgIpc) is 2.37. The van der Waals surface area contributed by atoms with Crippen LogP contribution in [0.25, 0.3) is 0 Å². The first-order valence-electron chi connectivity index (χ1n) is 5.62. The van der Waals surface area contributed by atoms with Crippen LogP contribution >= 0.6 is 0 Å². The molecule has 116 valence electrons. The van der Waals surface area contributed by atoms with Gasteiger partial charge in [-0.15, -0.1) is 0 Å². The number of carbonyl (C=O) groups is 2. The highest BCUT2D eigenvalue weighted by Gasteiger charge is 2.32. The Bertz CT molecular complexity index is 532. The monoisotopic (exact) mass is 307 g/mol. The molecule has 1 aromatic rings. The van der Waals surface area contributed by atoms with E-state index in [1.807, 2.05) is 0 Å². The van der Waals surface area contributed by atoms with Crippen molar-refractivity contribution in [2.24, 2.45) is 5.73 Å². The fourth-order valence-corrected chi connectivity index (χ4v) is 1.48. The van der Waals surface area contributed by atoms with Gasteiger partial charge in [0.2, 0.25) is 0 Å². The van der Waals surface area contributed by atoms with Gasteiger partial charge in [0.25, 0.3) is 0 Å². The third-order valence-corrected chi connectivity index (χ3v) is 2.54. The van der Waals surface area contributed by atoms with E-state index in [1.165, 1.54) is 6.07 Å². The van der Waals surface area contributed by atoms with Crippen LogP contribution in [0.15, 0.2) is 24.3 Å². The molecule has 0 aliphatic heterocycles. The molecule has 0 unspecified atom stereocenters. The molecule has 0 amide bonds. The Morgan fingerprint density at radius 2 is 1.86 bits per heavy atom. The Morgan fingerprint density at radius 1 is 1.24 bits per heavy atom. The number of alkyl halides is 3. The van der Waals surface area contributed by atoms with E-state index in [2.05, 4.69) is 0 Å². The Morgan fingerprint density at radius 3 is 2.33 bits per heavy atom. The Labute approximate surface area is 116 Å². The third kappa shape index (κ3) is 4.72. The van der Waals surface area contributed by atoms with Crippen LogP contribution in [0.2, 0.25) is 0 Å². The number of carboxylic acids is 2. The molecule has 0 saturated carbocycles. The van der Waals surface area contributed by atoms with Crippen molar-refractivity contribution in [2.45, 2.75) is 24.9 Å². The van der Waals surface area contributed by atoms with Crippen LogP contribution in [-0.2, 0) is 27.1 Å². The predicted octanol–water partition coefficient (Wildman–Crippen LogP) is 1.09. The van der Waals surface area contributed by atoms with E-state index in [4.69, 9.17) is 20.7 Å². The van der Waals surface area contributed by atoms with Gasteiger partial charge in [0.05, 0.1) is 12.2 Å². The minimum absolute atomic E-state index is 0.0497. The van der Waals surface area contributed by atoms with Crippen molar-refractivity contribution in [2.75, 3.05) is 0 Å². The van der Waals surface area contributed by atoms with Gasteiger partial charge in [-0.05, 0) is 17.7 Å². The van der Waals surface area contributed by atoms with Crippen molar-refractivity contribution in [1.29, 1.82) is 0 Å². The molecule has 0 aliphatic carbocycles. The van der Waals surface area contributed by atoms with Crippen LogP contribution in [-0.4, -0.2) is 34.3 Å². The molecule has 0 aromatic heterocycles. The summed E-state index contributed by atoms with van der Waals surface area (Å²) in [5.74, 6) is -3.21. The van der Waals surface area contributed by atoms with Crippen LogP contribution in [0, 0.1) is 0 Å². The van der Waals surface area contributed by atoms with Crippen molar-refractivity contribution in [3.63, 3.8) is 0 Å². The van der Waals surface area contributed by atoms with E-state index >= 15 is 0 Å². The highest BCUT2D eigenvalue weighted by Crippen LogP contribution is 2.29. The number of nitrogens with two attached hydrogens (primary N) is 1. The molecule has 1 aromatic carbocycles. The van der Waals surface area contributed by atoms with Gasteiger partial charge in [-0.3, -0.25) is 4.79 Å². The van der Waals surface area contributed by atoms with Crippen LogP contribution in [0.5, 0.6) is 0 Å². The maximum Gasteiger partial charge on any atom is 0.416 e. The molecule has 9 heteroatoms. The molecular formula is C12H12F3NO5. The fraction of sp³-hybridized carbons (Fsp3) is 0.333. The zero-order chi connectivity index (χ0) is 16.2. The lowest BCUT2D eigenvalue weighted by Gasteiger charge is -2.17. The molecule has 0 fully saturated rings. The lowest BCUT2D eigenvalue weighted by Crippen LogP contribution is -2.47. The quantitative estimate of drug-likeness (QED) is 0.725. The number of aliphatic carboxylic acids is 2. The SMILES string of the molecule is N[C@H](C(=O)O)[C@H](OCc1cccc(C(F)(F)F)c1)C(=O)O. The summed E-state index contributed by atoms with van der Waals surface area (Å²) in [6.45, 7) is -0.512. The first kappa shape index (κ1) is 16.9. The van der Waals surface area contributed by atoms with E-state index in [0.717, 1.165) is 18.2 Å². The molecule has 0 saturated heterocycles. The second-order valence-electron chi connectivity index (χ2n) is 4.13. The number of ether oxygens (including phenoxy) is 1. The lowest BCUT2D eigenvalue weighted by molar-refractivity contribution is -0.159. The summed E-state index contributed by atoms with van der Waals surface area (Å²) in [7, 11) is 0. The minimum atomic E-state index is -4.54. The summed E-state index contributed by atoms with van der Waals surface area (Å²) >= 11 is 0. The zero-order valence-electron chi connectivity index (χ0n) is 10.5. The standard InChI is InChI=1S/C12H12F3NO5/c13-12(14,15)7-3-1-2-6(4-7)5-21-9(11(19)20)8(16)10(17)18/h1-4,8-9H,5,16H2,(H,17,18)(H,19,20)/t8-,9-/m0/s1. The first-order chi connectivity index (χ1) is 9.62. The number of hydrogen-bond donors (Lipinski definition) is 3. The normalized spacial score (nSPS) is 14.5. The van der Waals surface area contributed by atoms with Crippen molar-refractivity contribution >= 4 is 11.9 Å². The zero-order valence-corrected chi connectivity index (χ0v) is 10.5. The van der Waals surface area contributed by atoms with Crippen molar-refractivity contribution in [3.8, 4) is 0 Å². The highest BCUT2D eigenvalue weighted by atomic mass is 19.4. The van der Waals surface area contributed by atoms with E-state index < -0.39 is 42.4 Å². The summed E-state index contributed by atoms with van der Waals surface area (Å²) in [6, 6.07) is 2.23. The van der Waals surface area contributed by atoms with Gasteiger partial charge in [-0.2, -0.15) is 13.2 Å². The molecule has 0 radical (unpaired) electrons.